The summed E-state index contributed by atoms with van der Waals surface area (Å²) < 4.78 is 5.75. The molecule has 0 unspecified atom stereocenters. The van der Waals surface area contributed by atoms with Crippen molar-refractivity contribution in [3.63, 3.8) is 0 Å². The molecule has 0 spiro atoms. The molecule has 1 fully saturated rings. The summed E-state index contributed by atoms with van der Waals surface area (Å²) in [7, 11) is 1.89. The van der Waals surface area contributed by atoms with Crippen LogP contribution in [0.4, 0.5) is 0 Å². The highest BCUT2D eigenvalue weighted by Crippen LogP contribution is 2.23. The van der Waals surface area contributed by atoms with Crippen LogP contribution < -0.4 is 5.32 Å². The third kappa shape index (κ3) is 5.56. The topological polar surface area (TPSA) is 56.9 Å². The van der Waals surface area contributed by atoms with Crippen molar-refractivity contribution in [2.24, 2.45) is 10.9 Å². The van der Waals surface area contributed by atoms with E-state index >= 15 is 0 Å². The Hall–Kier alpha value is -2.60. The third-order valence-corrected chi connectivity index (χ3v) is 6.55. The van der Waals surface area contributed by atoms with Crippen molar-refractivity contribution in [1.29, 1.82) is 0 Å². The van der Waals surface area contributed by atoms with Crippen molar-refractivity contribution in [3.8, 4) is 0 Å². The van der Waals surface area contributed by atoms with E-state index in [1.54, 1.807) is 0 Å². The third-order valence-electron chi connectivity index (χ3n) is 6.55. The Morgan fingerprint density at radius 2 is 1.94 bits per heavy atom. The largest absolute Gasteiger partial charge is 0.444 e. The second kappa shape index (κ2) is 10.1. The fraction of sp³-hybridized carbons (Fsp3) is 0.520. The van der Waals surface area contributed by atoms with Gasteiger partial charge in [-0.05, 0) is 63.3 Å². The van der Waals surface area contributed by atoms with Gasteiger partial charge in [-0.25, -0.2) is 4.98 Å². The average molecular weight is 422 g/mol. The van der Waals surface area contributed by atoms with E-state index in [2.05, 4.69) is 61.5 Å². The van der Waals surface area contributed by atoms with E-state index in [1.165, 1.54) is 24.0 Å². The SMILES string of the molecule is CN=C(NCC1CCN(Cc2nc(C)c(C)o2)CC1)N1CC=C(c2ccccc2)CC1. The number of piperidine rings is 1. The minimum Gasteiger partial charge on any atom is -0.444 e. The zero-order chi connectivity index (χ0) is 21.6. The molecule has 1 aromatic carbocycles. The zero-order valence-electron chi connectivity index (χ0n) is 19.1. The van der Waals surface area contributed by atoms with Crippen LogP contribution in [0.25, 0.3) is 5.57 Å². The van der Waals surface area contributed by atoms with Crippen LogP contribution in [-0.2, 0) is 6.54 Å². The van der Waals surface area contributed by atoms with Crippen molar-refractivity contribution in [2.45, 2.75) is 39.7 Å². The Bertz CT molecular complexity index is 890. The van der Waals surface area contributed by atoms with Crippen LogP contribution in [0.5, 0.6) is 0 Å². The molecule has 0 radical (unpaired) electrons. The van der Waals surface area contributed by atoms with Crippen molar-refractivity contribution >= 4 is 11.5 Å². The number of hydrogen-bond acceptors (Lipinski definition) is 4. The number of guanidine groups is 1. The van der Waals surface area contributed by atoms with Crippen molar-refractivity contribution in [1.82, 2.24) is 20.1 Å². The standard InChI is InChI=1S/C25H35N5O/c1-19-20(2)31-24(28-19)18-29-13-9-21(10-14-29)17-27-25(26-3)30-15-11-23(12-16-30)22-7-5-4-6-8-22/h4-8,11,21H,9-10,12-18H2,1-3H3,(H,26,27). The first kappa shape index (κ1) is 21.6. The summed E-state index contributed by atoms with van der Waals surface area (Å²) in [6.45, 7) is 9.91. The highest BCUT2D eigenvalue weighted by Gasteiger charge is 2.22. The smallest absolute Gasteiger partial charge is 0.208 e. The Balaban J connectivity index is 1.21. The Labute approximate surface area is 186 Å². The molecule has 1 saturated heterocycles. The van der Waals surface area contributed by atoms with Crippen LogP contribution in [0.3, 0.4) is 0 Å². The fourth-order valence-electron chi connectivity index (χ4n) is 4.49. The maximum absolute atomic E-state index is 5.75. The van der Waals surface area contributed by atoms with Gasteiger partial charge in [-0.1, -0.05) is 36.4 Å². The molecule has 4 rings (SSSR count). The number of hydrogen-bond donors (Lipinski definition) is 1. The lowest BCUT2D eigenvalue weighted by Crippen LogP contribution is -2.46. The van der Waals surface area contributed by atoms with Gasteiger partial charge in [0.2, 0.25) is 5.89 Å². The Morgan fingerprint density at radius 3 is 2.55 bits per heavy atom. The second-order valence-corrected chi connectivity index (χ2v) is 8.69. The van der Waals surface area contributed by atoms with Crippen LogP contribution in [0.15, 0.2) is 45.8 Å². The number of aliphatic imine (C=N–C) groups is 1. The van der Waals surface area contributed by atoms with Gasteiger partial charge >= 0.3 is 0 Å². The first-order valence-corrected chi connectivity index (χ1v) is 11.5. The van der Waals surface area contributed by atoms with Gasteiger partial charge in [0.05, 0.1) is 12.2 Å². The number of aryl methyl sites for hydroxylation is 2. The van der Waals surface area contributed by atoms with E-state index in [9.17, 15) is 0 Å². The number of nitrogens with zero attached hydrogens (tertiary/aromatic N) is 4. The summed E-state index contributed by atoms with van der Waals surface area (Å²) in [4.78, 5) is 13.9. The Kier molecular flexibility index (Phi) is 7.07. The van der Waals surface area contributed by atoms with Crippen molar-refractivity contribution in [2.75, 3.05) is 39.8 Å². The normalized spacial score (nSPS) is 18.9. The number of oxazole rings is 1. The van der Waals surface area contributed by atoms with E-state index < -0.39 is 0 Å². The highest BCUT2D eigenvalue weighted by atomic mass is 16.4. The molecule has 0 amide bonds. The zero-order valence-corrected chi connectivity index (χ0v) is 19.1. The molecule has 0 atom stereocenters. The lowest BCUT2D eigenvalue weighted by molar-refractivity contribution is 0.163. The summed E-state index contributed by atoms with van der Waals surface area (Å²) in [5, 5.41) is 3.64. The number of likely N-dealkylation sites (tertiary alicyclic amines) is 1. The lowest BCUT2D eigenvalue weighted by atomic mass is 9.97. The van der Waals surface area contributed by atoms with E-state index in [-0.39, 0.29) is 0 Å². The number of rotatable bonds is 5. The minimum absolute atomic E-state index is 0.682. The minimum atomic E-state index is 0.682. The second-order valence-electron chi connectivity index (χ2n) is 8.69. The molecular formula is C25H35N5O. The first-order chi connectivity index (χ1) is 15.1. The van der Waals surface area contributed by atoms with Gasteiger partial charge < -0.3 is 14.6 Å². The van der Waals surface area contributed by atoms with Gasteiger partial charge in [0.15, 0.2) is 5.96 Å². The maximum atomic E-state index is 5.75. The molecule has 2 aliphatic rings. The van der Waals surface area contributed by atoms with Crippen LogP contribution in [0.2, 0.25) is 0 Å². The van der Waals surface area contributed by atoms with Gasteiger partial charge in [-0.2, -0.15) is 0 Å². The van der Waals surface area contributed by atoms with Crippen LogP contribution in [0.1, 0.15) is 42.2 Å². The number of nitrogens with one attached hydrogen (secondary N) is 1. The molecule has 166 valence electrons. The summed E-state index contributed by atoms with van der Waals surface area (Å²) in [5.41, 5.74) is 3.78. The molecule has 0 bridgehead atoms. The summed E-state index contributed by atoms with van der Waals surface area (Å²) in [6.07, 6.45) is 5.79. The van der Waals surface area contributed by atoms with E-state index in [0.29, 0.717) is 5.92 Å². The summed E-state index contributed by atoms with van der Waals surface area (Å²) >= 11 is 0. The molecule has 1 N–H and O–H groups in total. The van der Waals surface area contributed by atoms with E-state index in [4.69, 9.17) is 4.42 Å². The van der Waals surface area contributed by atoms with Crippen molar-refractivity contribution in [3.05, 3.63) is 59.3 Å². The molecule has 0 saturated carbocycles. The number of benzene rings is 1. The van der Waals surface area contributed by atoms with E-state index in [0.717, 1.165) is 69.0 Å². The summed E-state index contributed by atoms with van der Waals surface area (Å²) in [5.74, 6) is 3.49. The molecule has 6 heteroatoms. The molecule has 2 aromatic rings. The van der Waals surface area contributed by atoms with Gasteiger partial charge in [0, 0.05) is 26.7 Å². The molecule has 31 heavy (non-hydrogen) atoms. The molecular weight excluding hydrogens is 386 g/mol. The monoisotopic (exact) mass is 421 g/mol. The Morgan fingerprint density at radius 1 is 1.16 bits per heavy atom. The van der Waals surface area contributed by atoms with Gasteiger partial charge in [-0.15, -0.1) is 0 Å². The maximum Gasteiger partial charge on any atom is 0.208 e. The van der Waals surface area contributed by atoms with Gasteiger partial charge in [0.1, 0.15) is 5.76 Å². The lowest BCUT2D eigenvalue weighted by Gasteiger charge is -2.33. The first-order valence-electron chi connectivity index (χ1n) is 11.5. The van der Waals surface area contributed by atoms with Crippen LogP contribution in [-0.4, -0.2) is 60.5 Å². The number of aromatic nitrogens is 1. The fourth-order valence-corrected chi connectivity index (χ4v) is 4.49. The van der Waals surface area contributed by atoms with Crippen molar-refractivity contribution < 1.29 is 4.42 Å². The predicted octanol–water partition coefficient (Wildman–Crippen LogP) is 3.87. The predicted molar refractivity (Wildman–Crippen MR) is 126 cm³/mol. The molecule has 2 aliphatic heterocycles. The molecule has 6 nitrogen and oxygen atoms in total. The van der Waals surface area contributed by atoms with Gasteiger partial charge in [0.25, 0.3) is 0 Å². The van der Waals surface area contributed by atoms with E-state index in [1.807, 2.05) is 20.9 Å². The van der Waals surface area contributed by atoms with Gasteiger partial charge in [-0.3, -0.25) is 9.89 Å². The molecule has 0 aliphatic carbocycles. The van der Waals surface area contributed by atoms with Crippen LogP contribution in [0, 0.1) is 19.8 Å². The quantitative estimate of drug-likeness (QED) is 0.587. The summed E-state index contributed by atoms with van der Waals surface area (Å²) in [6, 6.07) is 10.7. The van der Waals surface area contributed by atoms with Crippen LogP contribution >= 0.6 is 0 Å². The average Bonchev–Trinajstić information content (AvgIpc) is 3.13. The highest BCUT2D eigenvalue weighted by molar-refractivity contribution is 5.81. The molecule has 3 heterocycles. The molecule has 1 aromatic heterocycles.